The second-order valence-corrected chi connectivity index (χ2v) is 5.26. The molecule has 0 unspecified atom stereocenters. The maximum atomic E-state index is 11.0. The molecule has 1 heterocycles. The average Bonchev–Trinajstić information content (AvgIpc) is 2.42. The maximum Gasteiger partial charge on any atom is 0.278 e. The van der Waals surface area contributed by atoms with Crippen molar-refractivity contribution in [1.29, 1.82) is 0 Å². The van der Waals surface area contributed by atoms with Gasteiger partial charge in [0.15, 0.2) is 0 Å². The number of ether oxygens (including phenoxy) is 1. The van der Waals surface area contributed by atoms with Crippen molar-refractivity contribution in [2.24, 2.45) is 0 Å². The lowest BCUT2D eigenvalue weighted by molar-refractivity contribution is -0.384. The van der Waals surface area contributed by atoms with Crippen LogP contribution in [0.15, 0.2) is 34.8 Å². The third kappa shape index (κ3) is 3.91. The fourth-order valence-electron chi connectivity index (χ4n) is 1.76. The quantitative estimate of drug-likeness (QED) is 0.642. The van der Waals surface area contributed by atoms with Gasteiger partial charge in [-0.3, -0.25) is 10.1 Å². The van der Waals surface area contributed by atoms with E-state index in [2.05, 4.69) is 26.2 Å². The van der Waals surface area contributed by atoms with Gasteiger partial charge in [0.05, 0.1) is 17.1 Å². The van der Waals surface area contributed by atoms with Crippen molar-refractivity contribution in [2.75, 3.05) is 11.9 Å². The first-order valence-corrected chi connectivity index (χ1v) is 7.13. The minimum Gasteiger partial charge on any atom is -0.438 e. The monoisotopic (exact) mass is 351 g/mol. The summed E-state index contributed by atoms with van der Waals surface area (Å²) >= 11 is 3.37. The van der Waals surface area contributed by atoms with Gasteiger partial charge >= 0.3 is 0 Å². The third-order valence-electron chi connectivity index (χ3n) is 2.71. The first-order chi connectivity index (χ1) is 9.99. The van der Waals surface area contributed by atoms with E-state index in [4.69, 9.17) is 4.74 Å². The Labute approximate surface area is 130 Å². The van der Waals surface area contributed by atoms with Gasteiger partial charge in [-0.15, -0.1) is 0 Å². The molecule has 0 saturated heterocycles. The van der Waals surface area contributed by atoms with Crippen LogP contribution in [0.2, 0.25) is 0 Å². The molecule has 2 aromatic rings. The predicted molar refractivity (Wildman–Crippen MR) is 84.0 cm³/mol. The van der Waals surface area contributed by atoms with E-state index in [0.717, 1.165) is 10.0 Å². The Bertz CT molecular complexity index is 677. The van der Waals surface area contributed by atoms with Crippen LogP contribution in [0.5, 0.6) is 11.6 Å². The van der Waals surface area contributed by atoms with Crippen molar-refractivity contribution < 1.29 is 9.66 Å². The molecule has 7 heteroatoms. The zero-order valence-electron chi connectivity index (χ0n) is 11.6. The summed E-state index contributed by atoms with van der Waals surface area (Å²) in [5, 5.41) is 13.9. The van der Waals surface area contributed by atoms with Crippen LogP contribution >= 0.6 is 15.9 Å². The Balaban J connectivity index is 2.36. The summed E-state index contributed by atoms with van der Waals surface area (Å²) in [4.78, 5) is 14.7. The van der Waals surface area contributed by atoms with E-state index in [0.29, 0.717) is 18.1 Å². The fraction of sp³-hybridized carbons (Fsp3) is 0.214. The van der Waals surface area contributed by atoms with E-state index in [9.17, 15) is 10.1 Å². The molecular weight excluding hydrogens is 338 g/mol. The molecule has 1 aromatic carbocycles. The number of nitrogens with one attached hydrogen (secondary N) is 1. The average molecular weight is 352 g/mol. The van der Waals surface area contributed by atoms with Gasteiger partial charge in [-0.1, -0.05) is 15.9 Å². The predicted octanol–water partition coefficient (Wildman–Crippen LogP) is 4.28. The zero-order chi connectivity index (χ0) is 15.4. The summed E-state index contributed by atoms with van der Waals surface area (Å²) in [6.07, 6.45) is 0. The zero-order valence-corrected chi connectivity index (χ0v) is 13.2. The molecule has 0 radical (unpaired) electrons. The third-order valence-corrected chi connectivity index (χ3v) is 3.20. The molecule has 0 atom stereocenters. The molecule has 0 saturated carbocycles. The summed E-state index contributed by atoms with van der Waals surface area (Å²) < 4.78 is 6.60. The van der Waals surface area contributed by atoms with Crippen LogP contribution in [0, 0.1) is 17.0 Å². The van der Waals surface area contributed by atoms with E-state index < -0.39 is 4.92 Å². The number of hydrogen-bond acceptors (Lipinski definition) is 5. The van der Waals surface area contributed by atoms with Crippen LogP contribution in [-0.4, -0.2) is 16.5 Å². The molecule has 0 aliphatic rings. The molecule has 0 bridgehead atoms. The number of pyridine rings is 1. The Morgan fingerprint density at radius 3 is 2.76 bits per heavy atom. The van der Waals surface area contributed by atoms with Crippen molar-refractivity contribution in [1.82, 2.24) is 4.98 Å². The lowest BCUT2D eigenvalue weighted by atomic mass is 10.2. The normalized spacial score (nSPS) is 10.2. The summed E-state index contributed by atoms with van der Waals surface area (Å²) in [6, 6.07) is 8.21. The van der Waals surface area contributed by atoms with Gasteiger partial charge in [0, 0.05) is 11.0 Å². The molecule has 0 amide bonds. The number of hydrogen-bond donors (Lipinski definition) is 1. The molecule has 0 spiro atoms. The smallest absolute Gasteiger partial charge is 0.278 e. The number of rotatable bonds is 5. The number of halogens is 1. The number of aromatic nitrogens is 1. The topological polar surface area (TPSA) is 77.3 Å². The Kier molecular flexibility index (Phi) is 4.74. The van der Waals surface area contributed by atoms with E-state index in [1.807, 2.05) is 26.0 Å². The Morgan fingerprint density at radius 2 is 2.14 bits per heavy atom. The van der Waals surface area contributed by atoms with Crippen molar-refractivity contribution in [3.05, 3.63) is 50.5 Å². The lowest BCUT2D eigenvalue weighted by Crippen LogP contribution is -2.02. The highest BCUT2D eigenvalue weighted by atomic mass is 79.9. The summed E-state index contributed by atoms with van der Waals surface area (Å²) in [5.74, 6) is 1.20. The molecule has 110 valence electrons. The van der Waals surface area contributed by atoms with Crippen LogP contribution in [0.4, 0.5) is 11.5 Å². The SMILES string of the molecule is CCNc1cc([N+](=O)[O-])cc(Oc2ccc(Br)cc2C)n1. The van der Waals surface area contributed by atoms with Crippen LogP contribution in [-0.2, 0) is 0 Å². The Morgan fingerprint density at radius 1 is 1.38 bits per heavy atom. The maximum absolute atomic E-state index is 11.0. The number of nitrogens with zero attached hydrogens (tertiary/aromatic N) is 2. The lowest BCUT2D eigenvalue weighted by Gasteiger charge is -2.10. The van der Waals surface area contributed by atoms with Crippen molar-refractivity contribution >= 4 is 27.4 Å². The molecule has 1 aromatic heterocycles. The largest absolute Gasteiger partial charge is 0.438 e. The summed E-state index contributed by atoms with van der Waals surface area (Å²) in [7, 11) is 0. The van der Waals surface area contributed by atoms with Crippen LogP contribution < -0.4 is 10.1 Å². The van der Waals surface area contributed by atoms with Crippen molar-refractivity contribution in [3.63, 3.8) is 0 Å². The highest BCUT2D eigenvalue weighted by Crippen LogP contribution is 2.29. The molecule has 21 heavy (non-hydrogen) atoms. The molecule has 1 N–H and O–H groups in total. The minimum atomic E-state index is -0.468. The van der Waals surface area contributed by atoms with Crippen LogP contribution in [0.1, 0.15) is 12.5 Å². The fourth-order valence-corrected chi connectivity index (χ4v) is 2.24. The van der Waals surface area contributed by atoms with Crippen molar-refractivity contribution in [2.45, 2.75) is 13.8 Å². The van der Waals surface area contributed by atoms with Gasteiger partial charge in [0.25, 0.3) is 5.69 Å². The number of nitro groups is 1. The first-order valence-electron chi connectivity index (χ1n) is 6.34. The van der Waals surface area contributed by atoms with Crippen LogP contribution in [0.3, 0.4) is 0 Å². The summed E-state index contributed by atoms with van der Waals surface area (Å²) in [6.45, 7) is 4.40. The highest BCUT2D eigenvalue weighted by molar-refractivity contribution is 9.10. The van der Waals surface area contributed by atoms with Gasteiger partial charge in [-0.25, -0.2) is 0 Å². The number of benzene rings is 1. The molecule has 0 fully saturated rings. The molecular formula is C14H14BrN3O3. The first kappa shape index (κ1) is 15.2. The van der Waals surface area contributed by atoms with Crippen LogP contribution in [0.25, 0.3) is 0 Å². The molecule has 2 rings (SSSR count). The number of anilines is 1. The highest BCUT2D eigenvalue weighted by Gasteiger charge is 2.13. The summed E-state index contributed by atoms with van der Waals surface area (Å²) in [5.41, 5.74) is 0.841. The molecule has 0 aliphatic carbocycles. The van der Waals surface area contributed by atoms with Gasteiger partial charge in [-0.05, 0) is 37.6 Å². The molecule has 0 aliphatic heterocycles. The molecule has 6 nitrogen and oxygen atoms in total. The standard InChI is InChI=1S/C14H14BrN3O3/c1-3-16-13-7-11(18(19)20)8-14(17-13)21-12-5-4-10(15)6-9(12)2/h4-8H,3H2,1-2H3,(H,16,17). The van der Waals surface area contributed by atoms with Gasteiger partial charge in [0.2, 0.25) is 5.88 Å². The van der Waals surface area contributed by atoms with Gasteiger partial charge in [0.1, 0.15) is 11.6 Å². The van der Waals surface area contributed by atoms with Crippen molar-refractivity contribution in [3.8, 4) is 11.6 Å². The second kappa shape index (κ2) is 6.53. The minimum absolute atomic E-state index is 0.0642. The Hall–Kier alpha value is -2.15. The van der Waals surface area contributed by atoms with E-state index in [-0.39, 0.29) is 11.6 Å². The van der Waals surface area contributed by atoms with E-state index >= 15 is 0 Å². The van der Waals surface area contributed by atoms with Gasteiger partial charge in [-0.2, -0.15) is 4.98 Å². The van der Waals surface area contributed by atoms with E-state index in [1.54, 1.807) is 6.07 Å². The second-order valence-electron chi connectivity index (χ2n) is 4.35. The van der Waals surface area contributed by atoms with E-state index in [1.165, 1.54) is 12.1 Å². The van der Waals surface area contributed by atoms with Gasteiger partial charge < -0.3 is 10.1 Å². The number of aryl methyl sites for hydroxylation is 1.